The lowest BCUT2D eigenvalue weighted by Crippen LogP contribution is -2.48. The van der Waals surface area contributed by atoms with Crippen molar-refractivity contribution in [2.24, 2.45) is 0 Å². The summed E-state index contributed by atoms with van der Waals surface area (Å²) >= 11 is 0. The average Bonchev–Trinajstić information content (AvgIpc) is 3.28. The molecule has 9 heteroatoms. The molecule has 0 unspecified atom stereocenters. The highest BCUT2D eigenvalue weighted by Gasteiger charge is 2.51. The first-order chi connectivity index (χ1) is 16.4. The molecule has 3 atom stereocenters. The molecule has 0 aliphatic carbocycles. The Labute approximate surface area is 200 Å². The summed E-state index contributed by atoms with van der Waals surface area (Å²) in [6.07, 6.45) is 2.25. The van der Waals surface area contributed by atoms with Crippen LogP contribution in [0.4, 0.5) is 4.79 Å². The van der Waals surface area contributed by atoms with E-state index in [2.05, 4.69) is 58.0 Å². The number of carbonyl (C=O) groups excluding carboxylic acids is 2. The molecule has 0 spiro atoms. The van der Waals surface area contributed by atoms with Gasteiger partial charge in [-0.05, 0) is 29.2 Å². The van der Waals surface area contributed by atoms with Crippen molar-refractivity contribution in [2.45, 2.75) is 49.6 Å². The minimum atomic E-state index is -3.21. The molecule has 2 aromatic rings. The molecule has 8 nitrogen and oxygen atoms in total. The maximum atomic E-state index is 12.7. The molecule has 34 heavy (non-hydrogen) atoms. The van der Waals surface area contributed by atoms with Crippen molar-refractivity contribution in [1.82, 2.24) is 20.4 Å². The van der Waals surface area contributed by atoms with Crippen molar-refractivity contribution in [1.29, 1.82) is 0 Å². The number of carbonyl (C=O) groups is 2. The fourth-order valence-electron chi connectivity index (χ4n) is 5.61. The van der Waals surface area contributed by atoms with E-state index in [-0.39, 0.29) is 29.8 Å². The van der Waals surface area contributed by atoms with Crippen LogP contribution in [0.2, 0.25) is 0 Å². The van der Waals surface area contributed by atoms with E-state index in [9.17, 15) is 18.0 Å². The van der Waals surface area contributed by atoms with Crippen LogP contribution in [0, 0.1) is 0 Å². The molecule has 3 saturated heterocycles. The molecule has 5 rings (SSSR count). The van der Waals surface area contributed by atoms with Gasteiger partial charge in [0.25, 0.3) is 0 Å². The molecular weight excluding hydrogens is 452 g/mol. The van der Waals surface area contributed by atoms with Gasteiger partial charge in [-0.3, -0.25) is 9.69 Å². The first kappa shape index (κ1) is 23.1. The predicted molar refractivity (Wildman–Crippen MR) is 131 cm³/mol. The minimum absolute atomic E-state index is 0.00303. The van der Waals surface area contributed by atoms with E-state index >= 15 is 0 Å². The number of benzene rings is 2. The zero-order valence-corrected chi connectivity index (χ0v) is 20.1. The van der Waals surface area contributed by atoms with Gasteiger partial charge in [-0.1, -0.05) is 48.9 Å². The van der Waals surface area contributed by atoms with Gasteiger partial charge in [-0.25, -0.2) is 13.2 Å². The lowest BCUT2D eigenvalue weighted by atomic mass is 10.0. The highest BCUT2D eigenvalue weighted by Crippen LogP contribution is 2.28. The van der Waals surface area contributed by atoms with Gasteiger partial charge < -0.3 is 15.5 Å². The number of hydrogen-bond acceptors (Lipinski definition) is 5. The summed E-state index contributed by atoms with van der Waals surface area (Å²) in [7, 11) is -3.21. The summed E-state index contributed by atoms with van der Waals surface area (Å²) in [5.41, 5.74) is 1.32. The number of fused-ring (bicyclic) bond motifs is 2. The van der Waals surface area contributed by atoms with Crippen LogP contribution in [0.3, 0.4) is 0 Å². The SMILES string of the molecule is O=C1N[C@H]2[C@@H](CCCCC(=O)N3CCN(Cc4cccc5ccccc45)CC3)S(=O)(=O)C[C@H]2N1. The van der Waals surface area contributed by atoms with E-state index in [1.165, 1.54) is 16.3 Å². The number of urea groups is 1. The molecule has 2 N–H and O–H groups in total. The lowest BCUT2D eigenvalue weighted by molar-refractivity contribution is -0.133. The molecule has 3 amide bonds. The van der Waals surface area contributed by atoms with Gasteiger partial charge in [0.2, 0.25) is 5.91 Å². The Morgan fingerprint density at radius 1 is 0.971 bits per heavy atom. The number of unbranched alkanes of at least 4 members (excludes halogenated alkanes) is 1. The van der Waals surface area contributed by atoms with Gasteiger partial charge in [0.1, 0.15) is 0 Å². The van der Waals surface area contributed by atoms with Gasteiger partial charge in [-0.15, -0.1) is 0 Å². The van der Waals surface area contributed by atoms with Crippen LogP contribution < -0.4 is 10.6 Å². The third kappa shape index (κ3) is 4.77. The molecule has 0 radical (unpaired) electrons. The van der Waals surface area contributed by atoms with Gasteiger partial charge in [0.05, 0.1) is 23.1 Å². The highest BCUT2D eigenvalue weighted by atomic mass is 32.2. The standard InChI is InChI=1S/C25H32N4O4S/c30-23(11-4-3-10-22-24-21(17-34(22,32)33)26-25(31)27-24)29-14-12-28(13-15-29)16-19-8-5-7-18-6-1-2-9-20(18)19/h1-2,5-9,21-22,24H,3-4,10-17H2,(H2,26,27,31)/t21-,22-,24-/m1/s1. The highest BCUT2D eigenvalue weighted by molar-refractivity contribution is 7.92. The van der Waals surface area contributed by atoms with Crippen molar-refractivity contribution >= 4 is 32.5 Å². The molecule has 3 aliphatic rings. The first-order valence-corrected chi connectivity index (χ1v) is 13.9. The number of nitrogens with zero attached hydrogens (tertiary/aromatic N) is 2. The monoisotopic (exact) mass is 484 g/mol. The zero-order valence-electron chi connectivity index (χ0n) is 19.3. The van der Waals surface area contributed by atoms with Crippen LogP contribution >= 0.6 is 0 Å². The largest absolute Gasteiger partial charge is 0.340 e. The Morgan fingerprint density at radius 2 is 1.74 bits per heavy atom. The van der Waals surface area contributed by atoms with Gasteiger partial charge in [-0.2, -0.15) is 0 Å². The summed E-state index contributed by atoms with van der Waals surface area (Å²) < 4.78 is 24.8. The molecule has 3 heterocycles. The fraction of sp³-hybridized carbons (Fsp3) is 0.520. The molecule has 0 bridgehead atoms. The van der Waals surface area contributed by atoms with Crippen molar-refractivity contribution in [3.8, 4) is 0 Å². The second-order valence-corrected chi connectivity index (χ2v) is 11.9. The van der Waals surface area contributed by atoms with Crippen LogP contribution in [-0.4, -0.2) is 79.4 Å². The van der Waals surface area contributed by atoms with E-state index in [0.29, 0.717) is 25.7 Å². The summed E-state index contributed by atoms with van der Waals surface area (Å²) in [6.45, 7) is 4.03. The molecule has 182 valence electrons. The molecule has 3 aliphatic heterocycles. The molecule has 3 fully saturated rings. The van der Waals surface area contributed by atoms with Crippen LogP contribution in [0.15, 0.2) is 42.5 Å². The maximum absolute atomic E-state index is 12.7. The van der Waals surface area contributed by atoms with Crippen LogP contribution in [0.1, 0.15) is 31.2 Å². The number of amides is 3. The van der Waals surface area contributed by atoms with Crippen LogP contribution in [0.5, 0.6) is 0 Å². The van der Waals surface area contributed by atoms with Crippen LogP contribution in [-0.2, 0) is 21.2 Å². The Hall–Kier alpha value is -2.65. The smallest absolute Gasteiger partial charge is 0.315 e. The van der Waals surface area contributed by atoms with Crippen molar-refractivity contribution in [2.75, 3.05) is 31.9 Å². The predicted octanol–water partition coefficient (Wildman–Crippen LogP) is 1.89. The van der Waals surface area contributed by atoms with Gasteiger partial charge >= 0.3 is 6.03 Å². The van der Waals surface area contributed by atoms with Crippen molar-refractivity contribution in [3.05, 3.63) is 48.0 Å². The normalized spacial score (nSPS) is 26.3. The number of rotatable bonds is 7. The molecule has 0 saturated carbocycles. The zero-order chi connectivity index (χ0) is 23.7. The second-order valence-electron chi connectivity index (χ2n) is 9.66. The Morgan fingerprint density at radius 3 is 2.56 bits per heavy atom. The first-order valence-electron chi connectivity index (χ1n) is 12.2. The van der Waals surface area contributed by atoms with E-state index in [0.717, 1.165) is 32.7 Å². The van der Waals surface area contributed by atoms with Gasteiger partial charge in [0.15, 0.2) is 9.84 Å². The Kier molecular flexibility index (Phi) is 6.48. The number of sulfone groups is 1. The van der Waals surface area contributed by atoms with E-state index in [1.807, 2.05) is 4.90 Å². The van der Waals surface area contributed by atoms with Crippen molar-refractivity contribution < 1.29 is 18.0 Å². The Balaban J connectivity index is 1.06. The summed E-state index contributed by atoms with van der Waals surface area (Å²) in [6, 6.07) is 13.9. The summed E-state index contributed by atoms with van der Waals surface area (Å²) in [5.74, 6) is 0.149. The maximum Gasteiger partial charge on any atom is 0.315 e. The number of hydrogen-bond donors (Lipinski definition) is 2. The molecular formula is C25H32N4O4S. The van der Waals surface area contributed by atoms with E-state index in [1.54, 1.807) is 0 Å². The Bertz CT molecular complexity index is 1170. The lowest BCUT2D eigenvalue weighted by Gasteiger charge is -2.35. The summed E-state index contributed by atoms with van der Waals surface area (Å²) in [5, 5.41) is 7.42. The topological polar surface area (TPSA) is 98.8 Å². The number of piperazine rings is 1. The quantitative estimate of drug-likeness (QED) is 0.462. The average molecular weight is 485 g/mol. The fourth-order valence-corrected chi connectivity index (χ4v) is 7.88. The molecule has 2 aromatic carbocycles. The van der Waals surface area contributed by atoms with Crippen LogP contribution in [0.25, 0.3) is 10.8 Å². The number of nitrogens with one attached hydrogen (secondary N) is 2. The van der Waals surface area contributed by atoms with E-state index in [4.69, 9.17) is 0 Å². The van der Waals surface area contributed by atoms with Crippen molar-refractivity contribution in [3.63, 3.8) is 0 Å². The minimum Gasteiger partial charge on any atom is -0.340 e. The van der Waals surface area contributed by atoms with E-state index < -0.39 is 15.1 Å². The second kappa shape index (κ2) is 9.54. The summed E-state index contributed by atoms with van der Waals surface area (Å²) in [4.78, 5) is 28.6. The molecule has 0 aromatic heterocycles. The third-order valence-corrected chi connectivity index (χ3v) is 9.72. The van der Waals surface area contributed by atoms with Gasteiger partial charge in [0, 0.05) is 39.1 Å². The third-order valence-electron chi connectivity index (χ3n) is 7.45.